The number of carbonyl (C=O) groups excluding carboxylic acids is 1. The topological polar surface area (TPSA) is 117 Å². The minimum atomic E-state index is -0.601. The maximum Gasteiger partial charge on any atom is 0.332 e. The Morgan fingerprint density at radius 3 is 2.40 bits per heavy atom. The Labute approximate surface area is 170 Å². The van der Waals surface area contributed by atoms with Gasteiger partial charge in [-0.05, 0) is 38.1 Å². The number of furan rings is 2. The number of hydrogen-bond acceptors (Lipinski definition) is 6. The van der Waals surface area contributed by atoms with E-state index in [4.69, 9.17) is 8.83 Å². The predicted molar refractivity (Wildman–Crippen MR) is 107 cm³/mol. The zero-order valence-corrected chi connectivity index (χ0v) is 16.6. The number of aryl methyl sites for hydroxylation is 2. The summed E-state index contributed by atoms with van der Waals surface area (Å²) in [5.74, 6) is 0.668. The van der Waals surface area contributed by atoms with Crippen LogP contribution in [0.5, 0.6) is 0 Å². The van der Waals surface area contributed by atoms with Gasteiger partial charge in [0.2, 0.25) is 5.91 Å². The molecule has 0 aliphatic heterocycles. The quantitative estimate of drug-likeness (QED) is 0.489. The first kappa shape index (κ1) is 19.5. The van der Waals surface area contributed by atoms with Crippen LogP contribution in [0.3, 0.4) is 0 Å². The van der Waals surface area contributed by atoms with E-state index in [1.54, 1.807) is 35.9 Å². The number of fused-ring (bicyclic) bond motifs is 1. The second kappa shape index (κ2) is 7.90. The number of nitrogens with zero attached hydrogens (tertiary/aromatic N) is 4. The number of aromatic nitrogens is 4. The summed E-state index contributed by atoms with van der Waals surface area (Å²) in [6.07, 6.45) is 2.99. The Balaban J connectivity index is 1.78. The molecular weight excluding hydrogens is 390 g/mol. The van der Waals surface area contributed by atoms with E-state index in [0.29, 0.717) is 29.3 Å². The van der Waals surface area contributed by atoms with E-state index in [1.807, 2.05) is 6.92 Å². The Morgan fingerprint density at radius 2 is 1.77 bits per heavy atom. The fourth-order valence-corrected chi connectivity index (χ4v) is 3.43. The minimum Gasteiger partial charge on any atom is -0.467 e. The van der Waals surface area contributed by atoms with Crippen LogP contribution < -0.4 is 16.6 Å². The van der Waals surface area contributed by atoms with E-state index in [9.17, 15) is 14.4 Å². The summed E-state index contributed by atoms with van der Waals surface area (Å²) < 4.78 is 14.4. The van der Waals surface area contributed by atoms with Crippen molar-refractivity contribution in [2.75, 3.05) is 0 Å². The molecular formula is C20H21N5O5. The molecule has 0 saturated heterocycles. The third kappa shape index (κ3) is 3.47. The van der Waals surface area contributed by atoms with Crippen molar-refractivity contribution in [1.82, 2.24) is 24.2 Å². The molecule has 0 unspecified atom stereocenters. The van der Waals surface area contributed by atoms with Crippen molar-refractivity contribution in [2.45, 2.75) is 40.0 Å². The van der Waals surface area contributed by atoms with E-state index in [0.717, 1.165) is 4.57 Å². The zero-order chi connectivity index (χ0) is 21.3. The molecule has 0 bridgehead atoms. The van der Waals surface area contributed by atoms with Crippen molar-refractivity contribution in [1.29, 1.82) is 0 Å². The Morgan fingerprint density at radius 1 is 1.07 bits per heavy atom. The molecule has 4 rings (SSSR count). The van der Waals surface area contributed by atoms with Crippen molar-refractivity contribution in [3.8, 4) is 0 Å². The van der Waals surface area contributed by atoms with Crippen molar-refractivity contribution >= 4 is 16.9 Å². The average Bonchev–Trinajstić information content (AvgIpc) is 3.48. The van der Waals surface area contributed by atoms with Crippen LogP contribution in [-0.4, -0.2) is 24.8 Å². The van der Waals surface area contributed by atoms with Crippen LogP contribution in [0.15, 0.2) is 55.2 Å². The van der Waals surface area contributed by atoms with Crippen LogP contribution in [0.1, 0.15) is 24.1 Å². The predicted octanol–water partition coefficient (Wildman–Crippen LogP) is 1.24. The lowest BCUT2D eigenvalue weighted by molar-refractivity contribution is -0.121. The van der Waals surface area contributed by atoms with Crippen LogP contribution in [0.4, 0.5) is 0 Å². The van der Waals surface area contributed by atoms with E-state index in [-0.39, 0.29) is 31.1 Å². The maximum atomic E-state index is 13.2. The fourth-order valence-electron chi connectivity index (χ4n) is 3.43. The molecule has 0 atom stereocenters. The molecule has 0 radical (unpaired) electrons. The van der Waals surface area contributed by atoms with E-state index >= 15 is 0 Å². The fraction of sp³-hybridized carbons (Fsp3) is 0.300. The van der Waals surface area contributed by atoms with Crippen LogP contribution in [-0.2, 0) is 31.0 Å². The molecule has 4 heterocycles. The summed E-state index contributed by atoms with van der Waals surface area (Å²) in [5, 5.41) is 7.10. The van der Waals surface area contributed by atoms with Gasteiger partial charge in [-0.25, -0.2) is 4.79 Å². The van der Waals surface area contributed by atoms with Gasteiger partial charge in [0.1, 0.15) is 23.6 Å². The first-order valence-electron chi connectivity index (χ1n) is 9.51. The molecule has 156 valence electrons. The largest absolute Gasteiger partial charge is 0.467 e. The normalized spacial score (nSPS) is 11.3. The van der Waals surface area contributed by atoms with Gasteiger partial charge in [0.05, 0.1) is 31.3 Å². The lowest BCUT2D eigenvalue weighted by Gasteiger charge is -2.12. The molecule has 10 heteroatoms. The van der Waals surface area contributed by atoms with Crippen molar-refractivity contribution in [3.05, 3.63) is 74.8 Å². The van der Waals surface area contributed by atoms with Gasteiger partial charge in [-0.3, -0.25) is 23.4 Å². The molecule has 0 spiro atoms. The number of carbonyl (C=O) groups is 1. The minimum absolute atomic E-state index is 0.0391. The number of nitrogens with one attached hydrogen (secondary N) is 1. The molecule has 0 aromatic carbocycles. The van der Waals surface area contributed by atoms with Gasteiger partial charge in [-0.2, -0.15) is 5.10 Å². The second-order valence-corrected chi connectivity index (χ2v) is 6.79. The smallest absolute Gasteiger partial charge is 0.332 e. The Bertz CT molecular complexity index is 1290. The molecule has 0 saturated carbocycles. The monoisotopic (exact) mass is 411 g/mol. The van der Waals surface area contributed by atoms with Gasteiger partial charge >= 0.3 is 5.69 Å². The molecule has 4 aromatic rings. The highest BCUT2D eigenvalue weighted by molar-refractivity contribution is 5.81. The van der Waals surface area contributed by atoms with Crippen LogP contribution in [0.25, 0.3) is 11.0 Å². The molecule has 4 aromatic heterocycles. The van der Waals surface area contributed by atoms with Gasteiger partial charge < -0.3 is 14.2 Å². The van der Waals surface area contributed by atoms with Gasteiger partial charge in [-0.1, -0.05) is 0 Å². The molecule has 1 N–H and O–H groups in total. The zero-order valence-electron chi connectivity index (χ0n) is 16.6. The van der Waals surface area contributed by atoms with E-state index in [2.05, 4.69) is 10.4 Å². The van der Waals surface area contributed by atoms with E-state index in [1.165, 1.54) is 17.1 Å². The number of hydrogen-bond donors (Lipinski definition) is 1. The number of rotatable bonds is 7. The summed E-state index contributed by atoms with van der Waals surface area (Å²) in [5.41, 5.74) is 0.0672. The van der Waals surface area contributed by atoms with Gasteiger partial charge in [0.25, 0.3) is 5.56 Å². The van der Waals surface area contributed by atoms with Gasteiger partial charge in [-0.15, -0.1) is 0 Å². The van der Waals surface area contributed by atoms with Crippen LogP contribution >= 0.6 is 0 Å². The highest BCUT2D eigenvalue weighted by Crippen LogP contribution is 2.14. The highest BCUT2D eigenvalue weighted by atomic mass is 16.3. The number of amides is 1. The third-order valence-corrected chi connectivity index (χ3v) is 4.81. The summed E-state index contributed by atoms with van der Waals surface area (Å²) in [6.45, 7) is 3.91. The maximum absolute atomic E-state index is 13.2. The molecule has 0 aliphatic rings. The lowest BCUT2D eigenvalue weighted by Crippen LogP contribution is -2.43. The van der Waals surface area contributed by atoms with Crippen molar-refractivity contribution < 1.29 is 13.6 Å². The Kier molecular flexibility index (Phi) is 5.13. The third-order valence-electron chi connectivity index (χ3n) is 4.81. The standard InChI is InChI=1S/C20H21N5O5/c1-3-25-18-17(13(2)22-25)23(12-16(26)21-10-14-6-4-8-29-14)20(28)24(19(18)27)11-15-7-5-9-30-15/h4-9H,3,10-12H2,1-2H3,(H,21,26). The van der Waals surface area contributed by atoms with Crippen molar-refractivity contribution in [2.24, 2.45) is 0 Å². The van der Waals surface area contributed by atoms with Crippen LogP contribution in [0.2, 0.25) is 0 Å². The van der Waals surface area contributed by atoms with Gasteiger partial charge in [0.15, 0.2) is 5.52 Å². The van der Waals surface area contributed by atoms with Crippen LogP contribution in [0, 0.1) is 6.92 Å². The second-order valence-electron chi connectivity index (χ2n) is 6.79. The summed E-state index contributed by atoms with van der Waals surface area (Å²) in [7, 11) is 0. The molecule has 1 amide bonds. The lowest BCUT2D eigenvalue weighted by atomic mass is 10.3. The summed E-state index contributed by atoms with van der Waals surface area (Å²) in [6, 6.07) is 6.82. The molecule has 0 fully saturated rings. The Hall–Kier alpha value is -3.82. The SMILES string of the molecule is CCn1nc(C)c2c1c(=O)n(Cc1ccco1)c(=O)n2CC(=O)NCc1ccco1. The molecule has 0 aliphatic carbocycles. The molecule has 10 nitrogen and oxygen atoms in total. The van der Waals surface area contributed by atoms with E-state index < -0.39 is 11.2 Å². The summed E-state index contributed by atoms with van der Waals surface area (Å²) in [4.78, 5) is 38.9. The van der Waals surface area contributed by atoms with Crippen molar-refractivity contribution in [3.63, 3.8) is 0 Å². The average molecular weight is 411 g/mol. The van der Waals surface area contributed by atoms with Gasteiger partial charge in [0, 0.05) is 6.54 Å². The molecule has 30 heavy (non-hydrogen) atoms. The summed E-state index contributed by atoms with van der Waals surface area (Å²) >= 11 is 0. The first-order valence-corrected chi connectivity index (χ1v) is 9.51. The highest BCUT2D eigenvalue weighted by Gasteiger charge is 2.22. The first-order chi connectivity index (χ1) is 14.5.